The number of hydrogen-bond acceptors (Lipinski definition) is 3. The van der Waals surface area contributed by atoms with Crippen molar-refractivity contribution in [3.63, 3.8) is 0 Å². The minimum Gasteiger partial charge on any atom is -0.386 e. The highest BCUT2D eigenvalue weighted by Gasteiger charge is 2.44. The van der Waals surface area contributed by atoms with E-state index in [9.17, 15) is 23.5 Å². The molecule has 1 atom stereocenters. The lowest BCUT2D eigenvalue weighted by molar-refractivity contribution is -0.156. The van der Waals surface area contributed by atoms with Crippen LogP contribution in [0.25, 0.3) is 0 Å². The van der Waals surface area contributed by atoms with Crippen LogP contribution < -0.4 is 0 Å². The standard InChI is InChI=1S/C18H21F2NO3/c19-12-4-5-14(20)13(8-12)15(22)11-21-16(23)9-18(10-17(21)24)6-2-1-3-7-18/h4-5,8,15,22H,1-3,6-7,9-11H2. The monoisotopic (exact) mass is 337 g/mol. The highest BCUT2D eigenvalue weighted by Crippen LogP contribution is 2.45. The molecule has 1 spiro atoms. The third kappa shape index (κ3) is 3.34. The van der Waals surface area contributed by atoms with E-state index in [-0.39, 0.29) is 42.2 Å². The molecule has 2 amide bonds. The highest BCUT2D eigenvalue weighted by atomic mass is 19.1. The second-order valence-electron chi connectivity index (χ2n) is 6.99. The van der Waals surface area contributed by atoms with Gasteiger partial charge in [-0.3, -0.25) is 14.5 Å². The van der Waals surface area contributed by atoms with Gasteiger partial charge in [0.05, 0.1) is 12.6 Å². The molecule has 1 aromatic rings. The minimum absolute atomic E-state index is 0.238. The Balaban J connectivity index is 1.72. The largest absolute Gasteiger partial charge is 0.386 e. The lowest BCUT2D eigenvalue weighted by atomic mass is 9.67. The summed E-state index contributed by atoms with van der Waals surface area (Å²) in [5, 5.41) is 10.2. The summed E-state index contributed by atoms with van der Waals surface area (Å²) < 4.78 is 27.0. The molecule has 1 aliphatic heterocycles. The molecular weight excluding hydrogens is 316 g/mol. The van der Waals surface area contributed by atoms with Crippen LogP contribution in [0, 0.1) is 17.0 Å². The number of amides is 2. The topological polar surface area (TPSA) is 57.6 Å². The van der Waals surface area contributed by atoms with Crippen LogP contribution in [-0.2, 0) is 9.59 Å². The first kappa shape index (κ1) is 17.0. The zero-order valence-electron chi connectivity index (χ0n) is 13.4. The van der Waals surface area contributed by atoms with Crippen molar-refractivity contribution < 1.29 is 23.5 Å². The molecule has 1 N–H and O–H groups in total. The van der Waals surface area contributed by atoms with Gasteiger partial charge in [0.25, 0.3) is 0 Å². The van der Waals surface area contributed by atoms with Gasteiger partial charge in [0.1, 0.15) is 11.6 Å². The predicted octanol–water partition coefficient (Wildman–Crippen LogP) is 3.10. The average molecular weight is 337 g/mol. The van der Waals surface area contributed by atoms with Crippen LogP contribution in [0.1, 0.15) is 56.6 Å². The first-order chi connectivity index (χ1) is 11.4. The van der Waals surface area contributed by atoms with Crippen LogP contribution in [0.15, 0.2) is 18.2 Å². The number of imide groups is 1. The predicted molar refractivity (Wildman–Crippen MR) is 82.8 cm³/mol. The molecule has 0 aromatic heterocycles. The number of β-amino-alcohol motifs (C(OH)–C–C–N with tert-alkyl or cyclic N) is 1. The summed E-state index contributed by atoms with van der Waals surface area (Å²) in [7, 11) is 0. The Morgan fingerprint density at radius 1 is 1.08 bits per heavy atom. The summed E-state index contributed by atoms with van der Waals surface area (Å²) in [6.45, 7) is -0.339. The van der Waals surface area contributed by atoms with Crippen molar-refractivity contribution in [1.82, 2.24) is 4.90 Å². The van der Waals surface area contributed by atoms with Crippen LogP contribution in [0.2, 0.25) is 0 Å². The zero-order chi connectivity index (χ0) is 17.3. The van der Waals surface area contributed by atoms with Crippen molar-refractivity contribution >= 4 is 11.8 Å². The maximum Gasteiger partial charge on any atom is 0.229 e. The van der Waals surface area contributed by atoms with Gasteiger partial charge in [0.15, 0.2) is 0 Å². The van der Waals surface area contributed by atoms with E-state index in [0.717, 1.165) is 55.2 Å². The molecule has 1 saturated heterocycles. The second-order valence-corrected chi connectivity index (χ2v) is 6.99. The van der Waals surface area contributed by atoms with E-state index in [1.54, 1.807) is 0 Å². The van der Waals surface area contributed by atoms with Crippen LogP contribution in [-0.4, -0.2) is 28.4 Å². The SMILES string of the molecule is O=C1CC2(CCCCC2)CC(=O)N1CC(O)c1cc(F)ccc1F. The second kappa shape index (κ2) is 6.59. The van der Waals surface area contributed by atoms with E-state index in [1.165, 1.54) is 0 Å². The fourth-order valence-electron chi connectivity index (χ4n) is 3.93. The van der Waals surface area contributed by atoms with Gasteiger partial charge in [0, 0.05) is 18.4 Å². The molecule has 1 saturated carbocycles. The normalized spacial score (nSPS) is 22.0. The molecule has 2 fully saturated rings. The number of likely N-dealkylation sites (tertiary alicyclic amines) is 1. The first-order valence-corrected chi connectivity index (χ1v) is 8.36. The number of benzene rings is 1. The van der Waals surface area contributed by atoms with E-state index in [1.807, 2.05) is 0 Å². The molecule has 1 heterocycles. The number of aliphatic hydroxyl groups excluding tert-OH is 1. The molecule has 2 aliphatic rings. The van der Waals surface area contributed by atoms with Crippen molar-refractivity contribution in [2.24, 2.45) is 5.41 Å². The van der Waals surface area contributed by atoms with Gasteiger partial charge in [-0.2, -0.15) is 0 Å². The number of hydrogen-bond donors (Lipinski definition) is 1. The lowest BCUT2D eigenvalue weighted by Gasteiger charge is -2.42. The van der Waals surface area contributed by atoms with Crippen molar-refractivity contribution in [2.45, 2.75) is 51.0 Å². The summed E-state index contributed by atoms with van der Waals surface area (Å²) in [4.78, 5) is 25.8. The Labute approximate surface area is 139 Å². The highest BCUT2D eigenvalue weighted by molar-refractivity contribution is 5.98. The number of piperidine rings is 1. The third-order valence-corrected chi connectivity index (χ3v) is 5.24. The van der Waals surface area contributed by atoms with Gasteiger partial charge in [-0.1, -0.05) is 19.3 Å². The molecule has 0 radical (unpaired) electrons. The average Bonchev–Trinajstić information content (AvgIpc) is 2.54. The zero-order valence-corrected chi connectivity index (χ0v) is 13.4. The molecule has 6 heteroatoms. The van der Waals surface area contributed by atoms with Crippen LogP contribution in [0.3, 0.4) is 0 Å². The van der Waals surface area contributed by atoms with Gasteiger partial charge >= 0.3 is 0 Å². The minimum atomic E-state index is -1.44. The molecule has 1 aliphatic carbocycles. The van der Waals surface area contributed by atoms with Crippen LogP contribution >= 0.6 is 0 Å². The molecule has 24 heavy (non-hydrogen) atoms. The Morgan fingerprint density at radius 2 is 1.71 bits per heavy atom. The summed E-state index contributed by atoms with van der Waals surface area (Å²) in [6.07, 6.45) is 4.07. The fourth-order valence-corrected chi connectivity index (χ4v) is 3.93. The van der Waals surface area contributed by atoms with Crippen molar-refractivity contribution in [3.05, 3.63) is 35.4 Å². The van der Waals surface area contributed by atoms with Gasteiger partial charge < -0.3 is 5.11 Å². The number of nitrogens with zero attached hydrogens (tertiary/aromatic N) is 1. The smallest absolute Gasteiger partial charge is 0.229 e. The van der Waals surface area contributed by atoms with Crippen LogP contribution in [0.5, 0.6) is 0 Å². The summed E-state index contributed by atoms with van der Waals surface area (Å²) in [5.74, 6) is -2.10. The van der Waals surface area contributed by atoms with Gasteiger partial charge in [-0.15, -0.1) is 0 Å². The van der Waals surface area contributed by atoms with E-state index < -0.39 is 17.7 Å². The molecule has 0 bridgehead atoms. The van der Waals surface area contributed by atoms with E-state index in [4.69, 9.17) is 0 Å². The van der Waals surface area contributed by atoms with Gasteiger partial charge in [-0.05, 0) is 36.5 Å². The summed E-state index contributed by atoms with van der Waals surface area (Å²) in [6, 6.07) is 2.77. The molecule has 1 unspecified atom stereocenters. The number of halogens is 2. The van der Waals surface area contributed by atoms with Crippen LogP contribution in [0.4, 0.5) is 8.78 Å². The van der Waals surface area contributed by atoms with Crippen molar-refractivity contribution in [3.8, 4) is 0 Å². The van der Waals surface area contributed by atoms with Crippen molar-refractivity contribution in [2.75, 3.05) is 6.54 Å². The molecular formula is C18H21F2NO3. The maximum absolute atomic E-state index is 13.7. The summed E-state index contributed by atoms with van der Waals surface area (Å²) in [5.41, 5.74) is -0.480. The molecule has 130 valence electrons. The Kier molecular flexibility index (Phi) is 4.67. The quantitative estimate of drug-likeness (QED) is 0.862. The van der Waals surface area contributed by atoms with E-state index in [0.29, 0.717) is 0 Å². The summed E-state index contributed by atoms with van der Waals surface area (Å²) >= 11 is 0. The number of carbonyl (C=O) groups is 2. The Bertz CT molecular complexity index is 636. The number of aliphatic hydroxyl groups is 1. The maximum atomic E-state index is 13.7. The fraction of sp³-hybridized carbons (Fsp3) is 0.556. The van der Waals surface area contributed by atoms with Gasteiger partial charge in [-0.25, -0.2) is 8.78 Å². The molecule has 4 nitrogen and oxygen atoms in total. The molecule has 3 rings (SSSR count). The Morgan fingerprint density at radius 3 is 2.33 bits per heavy atom. The first-order valence-electron chi connectivity index (χ1n) is 8.36. The Hall–Kier alpha value is -1.82. The number of carbonyl (C=O) groups excluding carboxylic acids is 2. The third-order valence-electron chi connectivity index (χ3n) is 5.24. The van der Waals surface area contributed by atoms with Crippen molar-refractivity contribution in [1.29, 1.82) is 0 Å². The van der Waals surface area contributed by atoms with Gasteiger partial charge in [0.2, 0.25) is 11.8 Å². The lowest BCUT2D eigenvalue weighted by Crippen LogP contribution is -2.49. The van der Waals surface area contributed by atoms with E-state index >= 15 is 0 Å². The van der Waals surface area contributed by atoms with E-state index in [2.05, 4.69) is 0 Å². The number of rotatable bonds is 3. The molecule has 1 aromatic carbocycles.